The van der Waals surface area contributed by atoms with Gasteiger partial charge in [-0.15, -0.1) is 11.8 Å². The molecule has 0 radical (unpaired) electrons. The van der Waals surface area contributed by atoms with E-state index in [2.05, 4.69) is 81.4 Å². The van der Waals surface area contributed by atoms with Crippen molar-refractivity contribution in [1.29, 1.82) is 0 Å². The molecule has 1 unspecified atom stereocenters. The molecule has 1 atom stereocenters. The third kappa shape index (κ3) is 4.14. The van der Waals surface area contributed by atoms with Crippen LogP contribution in [0.1, 0.15) is 32.3 Å². The maximum atomic E-state index is 2.33. The van der Waals surface area contributed by atoms with E-state index in [1.165, 1.54) is 10.5 Å². The zero-order valence-corrected chi connectivity index (χ0v) is 12.8. The number of thioether (sulfide) groups is 1. The molecule has 0 aliphatic rings. The van der Waals surface area contributed by atoms with Crippen LogP contribution in [0.25, 0.3) is 0 Å². The van der Waals surface area contributed by atoms with Crippen LogP contribution in [0.15, 0.2) is 65.6 Å². The molecule has 0 saturated carbocycles. The molecule has 0 saturated heterocycles. The van der Waals surface area contributed by atoms with E-state index in [4.69, 9.17) is 0 Å². The van der Waals surface area contributed by atoms with Crippen molar-refractivity contribution in [3.63, 3.8) is 0 Å². The van der Waals surface area contributed by atoms with E-state index in [0.29, 0.717) is 5.92 Å². The predicted octanol–water partition coefficient (Wildman–Crippen LogP) is 5.61. The zero-order chi connectivity index (χ0) is 13.7. The molecule has 0 nitrogen and oxygen atoms in total. The van der Waals surface area contributed by atoms with Gasteiger partial charge in [0, 0.05) is 10.6 Å². The Morgan fingerprint density at radius 1 is 0.842 bits per heavy atom. The molecule has 0 aliphatic carbocycles. The van der Waals surface area contributed by atoms with Gasteiger partial charge < -0.3 is 0 Å². The van der Waals surface area contributed by atoms with Crippen molar-refractivity contribution < 1.29 is 0 Å². The molecule has 0 aliphatic heterocycles. The van der Waals surface area contributed by atoms with E-state index in [-0.39, 0.29) is 5.41 Å². The first-order chi connectivity index (χ1) is 9.07. The Labute approximate surface area is 121 Å². The van der Waals surface area contributed by atoms with E-state index in [1.54, 1.807) is 0 Å². The Kier molecular flexibility index (Phi) is 4.71. The average Bonchev–Trinajstić information content (AvgIpc) is 2.40. The minimum Gasteiger partial charge on any atom is -0.126 e. The molecule has 2 rings (SSSR count). The lowest BCUT2D eigenvalue weighted by atomic mass is 9.78. The highest BCUT2D eigenvalue weighted by Crippen LogP contribution is 2.38. The van der Waals surface area contributed by atoms with Crippen LogP contribution in [0.5, 0.6) is 0 Å². The Hall–Kier alpha value is -1.21. The Morgan fingerprint density at radius 3 is 1.89 bits per heavy atom. The molecule has 0 bridgehead atoms. The second-order valence-corrected chi connectivity index (χ2v) is 7.05. The lowest BCUT2D eigenvalue weighted by Crippen LogP contribution is -2.20. The molecule has 19 heavy (non-hydrogen) atoms. The van der Waals surface area contributed by atoms with Crippen molar-refractivity contribution in [2.45, 2.75) is 31.6 Å². The molecule has 1 heteroatoms. The van der Waals surface area contributed by atoms with Gasteiger partial charge >= 0.3 is 0 Å². The molecule has 100 valence electrons. The highest BCUT2D eigenvalue weighted by atomic mass is 32.2. The van der Waals surface area contributed by atoms with Crippen molar-refractivity contribution >= 4 is 11.8 Å². The number of hydrogen-bond acceptors (Lipinski definition) is 1. The second-order valence-electron chi connectivity index (χ2n) is 5.95. The van der Waals surface area contributed by atoms with Gasteiger partial charge in [-0.25, -0.2) is 0 Å². The molecule has 0 N–H and O–H groups in total. The summed E-state index contributed by atoms with van der Waals surface area (Å²) in [6.45, 7) is 6.99. The topological polar surface area (TPSA) is 0 Å². The van der Waals surface area contributed by atoms with Gasteiger partial charge in [0.15, 0.2) is 0 Å². The minimum atomic E-state index is 0.281. The monoisotopic (exact) mass is 270 g/mol. The van der Waals surface area contributed by atoms with Crippen LogP contribution in [0, 0.1) is 5.41 Å². The van der Waals surface area contributed by atoms with Gasteiger partial charge in [-0.05, 0) is 29.0 Å². The highest BCUT2D eigenvalue weighted by molar-refractivity contribution is 7.99. The number of benzene rings is 2. The fourth-order valence-electron chi connectivity index (χ4n) is 2.23. The largest absolute Gasteiger partial charge is 0.126 e. The van der Waals surface area contributed by atoms with Crippen LogP contribution in [0.3, 0.4) is 0 Å². The van der Waals surface area contributed by atoms with E-state index in [1.807, 2.05) is 11.8 Å². The normalized spacial score (nSPS) is 13.2. The second kappa shape index (κ2) is 6.29. The SMILES string of the molecule is CC(C)(C)C(CSc1ccccc1)c1ccccc1. The predicted molar refractivity (Wildman–Crippen MR) is 85.8 cm³/mol. The van der Waals surface area contributed by atoms with Crippen LogP contribution in [0.2, 0.25) is 0 Å². The molecule has 2 aromatic rings. The van der Waals surface area contributed by atoms with Gasteiger partial charge in [-0.1, -0.05) is 69.3 Å². The van der Waals surface area contributed by atoms with E-state index < -0.39 is 0 Å². The quantitative estimate of drug-likeness (QED) is 0.651. The van der Waals surface area contributed by atoms with E-state index in [9.17, 15) is 0 Å². The maximum absolute atomic E-state index is 2.33. The Bertz CT molecular complexity index is 482. The minimum absolute atomic E-state index is 0.281. The van der Waals surface area contributed by atoms with Crippen molar-refractivity contribution in [2.24, 2.45) is 5.41 Å². The first kappa shape index (κ1) is 14.2. The van der Waals surface area contributed by atoms with Gasteiger partial charge in [0.2, 0.25) is 0 Å². The molecule has 0 fully saturated rings. The van der Waals surface area contributed by atoms with Gasteiger partial charge in [-0.2, -0.15) is 0 Å². The van der Waals surface area contributed by atoms with Crippen molar-refractivity contribution in [3.8, 4) is 0 Å². The lowest BCUT2D eigenvalue weighted by Gasteiger charge is -2.31. The lowest BCUT2D eigenvalue weighted by molar-refractivity contribution is 0.344. The maximum Gasteiger partial charge on any atom is 0.00721 e. The summed E-state index contributed by atoms with van der Waals surface area (Å²) in [7, 11) is 0. The summed E-state index contributed by atoms with van der Waals surface area (Å²) in [5.41, 5.74) is 1.72. The van der Waals surface area contributed by atoms with Gasteiger partial charge in [0.05, 0.1) is 0 Å². The number of hydrogen-bond donors (Lipinski definition) is 0. The van der Waals surface area contributed by atoms with E-state index >= 15 is 0 Å². The van der Waals surface area contributed by atoms with Crippen molar-refractivity contribution in [1.82, 2.24) is 0 Å². The molecule has 0 heterocycles. The summed E-state index contributed by atoms with van der Waals surface area (Å²) in [5.74, 6) is 1.69. The Balaban J connectivity index is 2.12. The van der Waals surface area contributed by atoms with Crippen LogP contribution in [-0.4, -0.2) is 5.75 Å². The van der Waals surface area contributed by atoms with Crippen LogP contribution in [-0.2, 0) is 0 Å². The summed E-state index contributed by atoms with van der Waals surface area (Å²) in [6, 6.07) is 21.5. The first-order valence-electron chi connectivity index (χ1n) is 6.80. The van der Waals surface area contributed by atoms with Gasteiger partial charge in [0.1, 0.15) is 0 Å². The molecule has 0 amide bonds. The first-order valence-corrected chi connectivity index (χ1v) is 7.79. The Morgan fingerprint density at radius 2 is 1.37 bits per heavy atom. The summed E-state index contributed by atoms with van der Waals surface area (Å²) in [5, 5.41) is 0. The molecule has 2 aromatic carbocycles. The molecule has 0 spiro atoms. The highest BCUT2D eigenvalue weighted by Gasteiger charge is 2.26. The standard InChI is InChI=1S/C18H22S/c1-18(2,3)17(15-10-6-4-7-11-15)14-19-16-12-8-5-9-13-16/h4-13,17H,14H2,1-3H3. The third-order valence-electron chi connectivity index (χ3n) is 3.41. The summed E-state index contributed by atoms with van der Waals surface area (Å²) < 4.78 is 0. The van der Waals surface area contributed by atoms with Crippen LogP contribution >= 0.6 is 11.8 Å². The smallest absolute Gasteiger partial charge is 0.00721 e. The average molecular weight is 270 g/mol. The molecule has 0 aromatic heterocycles. The summed E-state index contributed by atoms with van der Waals surface area (Å²) in [6.07, 6.45) is 0. The number of rotatable bonds is 4. The fourth-order valence-corrected chi connectivity index (χ4v) is 3.63. The van der Waals surface area contributed by atoms with Gasteiger partial charge in [-0.3, -0.25) is 0 Å². The van der Waals surface area contributed by atoms with Crippen LogP contribution < -0.4 is 0 Å². The van der Waals surface area contributed by atoms with E-state index in [0.717, 1.165) is 5.75 Å². The summed E-state index contributed by atoms with van der Waals surface area (Å²) in [4.78, 5) is 1.35. The van der Waals surface area contributed by atoms with Crippen molar-refractivity contribution in [2.75, 3.05) is 5.75 Å². The third-order valence-corrected chi connectivity index (χ3v) is 4.51. The van der Waals surface area contributed by atoms with Gasteiger partial charge in [0.25, 0.3) is 0 Å². The van der Waals surface area contributed by atoms with Crippen LogP contribution in [0.4, 0.5) is 0 Å². The fraction of sp³-hybridized carbons (Fsp3) is 0.333. The molecular formula is C18H22S. The van der Waals surface area contributed by atoms with Crippen molar-refractivity contribution in [3.05, 3.63) is 66.2 Å². The summed E-state index contributed by atoms with van der Waals surface area (Å²) >= 11 is 1.95. The zero-order valence-electron chi connectivity index (χ0n) is 12.0. The molecular weight excluding hydrogens is 248 g/mol.